The van der Waals surface area contributed by atoms with E-state index in [0.717, 1.165) is 10.9 Å². The van der Waals surface area contributed by atoms with Crippen molar-refractivity contribution in [3.63, 3.8) is 0 Å². The van der Waals surface area contributed by atoms with E-state index in [1.165, 1.54) is 21.8 Å². The summed E-state index contributed by atoms with van der Waals surface area (Å²) in [5.41, 5.74) is -0.320. The van der Waals surface area contributed by atoms with Crippen LogP contribution in [0.5, 0.6) is 5.75 Å². The van der Waals surface area contributed by atoms with E-state index in [9.17, 15) is 24.1 Å². The maximum absolute atomic E-state index is 14.7. The lowest BCUT2D eigenvalue weighted by molar-refractivity contribution is -0.148. The number of fused-ring (bicyclic) bond motifs is 1. The SMILES string of the molecule is CCC(C)[C@H](NP(=O)(OCC1OC(n2cc(/C=C/Br)c(=O)[nH]c2=O)CC1O)Oc1cccc2ccccc12)C(=O)OCc1ccccc1. The number of carbonyl (C=O) groups excluding carboxylic acids is 1. The van der Waals surface area contributed by atoms with Gasteiger partial charge in [-0.15, -0.1) is 0 Å². The highest BCUT2D eigenvalue weighted by atomic mass is 79.9. The molecular weight excluding hydrogens is 705 g/mol. The number of esters is 1. The number of aliphatic hydroxyl groups excluding tert-OH is 1. The first kappa shape index (κ1) is 35.5. The number of ether oxygens (including phenoxy) is 2. The summed E-state index contributed by atoms with van der Waals surface area (Å²) >= 11 is 3.12. The Kier molecular flexibility index (Phi) is 11.9. The fourth-order valence-electron chi connectivity index (χ4n) is 5.24. The lowest BCUT2D eigenvalue weighted by Crippen LogP contribution is -2.42. The number of aromatic amines is 1. The fourth-order valence-corrected chi connectivity index (χ4v) is 7.17. The van der Waals surface area contributed by atoms with Gasteiger partial charge in [-0.1, -0.05) is 103 Å². The van der Waals surface area contributed by atoms with Crippen molar-refractivity contribution in [1.82, 2.24) is 14.6 Å². The summed E-state index contributed by atoms with van der Waals surface area (Å²) in [5, 5.41) is 15.2. The molecule has 1 aliphatic heterocycles. The number of aliphatic hydroxyl groups is 1. The lowest BCUT2D eigenvalue weighted by atomic mass is 10.0. The number of hydrogen-bond donors (Lipinski definition) is 3. The number of benzene rings is 3. The monoisotopic (exact) mass is 741 g/mol. The van der Waals surface area contributed by atoms with Crippen LogP contribution >= 0.6 is 23.7 Å². The number of H-pyrrole nitrogens is 1. The van der Waals surface area contributed by atoms with Crippen LogP contribution in [-0.4, -0.2) is 45.5 Å². The van der Waals surface area contributed by atoms with Crippen LogP contribution in [0.15, 0.2) is 93.6 Å². The van der Waals surface area contributed by atoms with Crippen LogP contribution in [0.1, 0.15) is 44.0 Å². The Morgan fingerprint density at radius 3 is 2.62 bits per heavy atom. The van der Waals surface area contributed by atoms with Crippen LogP contribution in [0.3, 0.4) is 0 Å². The summed E-state index contributed by atoms with van der Waals surface area (Å²) < 4.78 is 39.5. The quantitative estimate of drug-likeness (QED) is 0.109. The molecular formula is C34H37BrN3O9P. The molecule has 0 aliphatic carbocycles. The van der Waals surface area contributed by atoms with Gasteiger partial charge in [-0.3, -0.25) is 23.7 Å². The van der Waals surface area contributed by atoms with Crippen molar-refractivity contribution < 1.29 is 33.0 Å². The predicted molar refractivity (Wildman–Crippen MR) is 185 cm³/mol. The van der Waals surface area contributed by atoms with Gasteiger partial charge in [-0.2, -0.15) is 5.09 Å². The average molecular weight is 743 g/mol. The van der Waals surface area contributed by atoms with Crippen molar-refractivity contribution >= 4 is 46.5 Å². The summed E-state index contributed by atoms with van der Waals surface area (Å²) in [4.78, 5) is 41.9. The zero-order chi connectivity index (χ0) is 34.3. The van der Waals surface area contributed by atoms with Crippen LogP contribution in [0.2, 0.25) is 0 Å². The molecule has 5 rings (SSSR count). The number of carbonyl (C=O) groups is 1. The molecule has 0 spiro atoms. The second kappa shape index (κ2) is 16.0. The second-order valence-corrected chi connectivity index (χ2v) is 13.6. The van der Waals surface area contributed by atoms with Crippen molar-refractivity contribution in [3.05, 3.63) is 116 Å². The molecule has 0 bridgehead atoms. The number of rotatable bonds is 14. The summed E-state index contributed by atoms with van der Waals surface area (Å²) in [5.74, 6) is -0.724. The van der Waals surface area contributed by atoms with Crippen LogP contribution < -0.4 is 20.9 Å². The highest BCUT2D eigenvalue weighted by molar-refractivity contribution is 9.11. The van der Waals surface area contributed by atoms with Crippen molar-refractivity contribution in [2.45, 2.75) is 57.8 Å². The Bertz CT molecular complexity index is 1910. The molecule has 1 aliphatic rings. The van der Waals surface area contributed by atoms with E-state index in [0.29, 0.717) is 11.8 Å². The third-order valence-corrected chi connectivity index (χ3v) is 9.90. The van der Waals surface area contributed by atoms with E-state index in [4.69, 9.17) is 18.5 Å². The molecule has 12 nitrogen and oxygen atoms in total. The first-order valence-electron chi connectivity index (χ1n) is 15.5. The highest BCUT2D eigenvalue weighted by Gasteiger charge is 2.41. The molecule has 3 aromatic carbocycles. The van der Waals surface area contributed by atoms with Crippen LogP contribution in [-0.2, 0) is 30.0 Å². The predicted octanol–water partition coefficient (Wildman–Crippen LogP) is 5.66. The minimum absolute atomic E-state index is 0.0132. The molecule has 6 atom stereocenters. The lowest BCUT2D eigenvalue weighted by Gasteiger charge is -2.28. The van der Waals surface area contributed by atoms with Gasteiger partial charge in [-0.25, -0.2) is 9.36 Å². The molecule has 1 aromatic heterocycles. The summed E-state index contributed by atoms with van der Waals surface area (Å²) in [7, 11) is -4.39. The molecule has 0 radical (unpaired) electrons. The minimum atomic E-state index is -4.39. The molecule has 5 unspecified atom stereocenters. The van der Waals surface area contributed by atoms with Gasteiger partial charge in [0.15, 0.2) is 0 Å². The molecule has 0 saturated carbocycles. The number of halogens is 1. The molecule has 2 heterocycles. The number of nitrogens with one attached hydrogen (secondary N) is 2. The van der Waals surface area contributed by atoms with Gasteiger partial charge >= 0.3 is 19.4 Å². The number of aromatic nitrogens is 2. The van der Waals surface area contributed by atoms with E-state index in [1.807, 2.05) is 74.5 Å². The molecule has 14 heteroatoms. The zero-order valence-corrected chi connectivity index (χ0v) is 28.8. The number of nitrogens with zero attached hydrogens (tertiary/aromatic N) is 1. The highest BCUT2D eigenvalue weighted by Crippen LogP contribution is 2.48. The topological polar surface area (TPSA) is 158 Å². The molecule has 3 N–H and O–H groups in total. The molecule has 254 valence electrons. The van der Waals surface area contributed by atoms with Gasteiger partial charge in [-0.05, 0) is 34.0 Å². The third kappa shape index (κ3) is 8.59. The molecule has 48 heavy (non-hydrogen) atoms. The standard InChI is InChI=1S/C34H37BrN3O9P/c1-3-22(2)31(33(41)44-20-23-10-5-4-6-11-23)37-48(43,47-28-15-9-13-24-12-7-8-14-26(24)28)45-21-29-27(39)18-30(46-29)38-19-25(16-17-35)32(40)36-34(38)42/h4-17,19,22,27,29-31,39H,3,18,20-21H2,1-2H3,(H,37,43)(H,36,40,42)/b17-16+/t22?,27?,29?,30?,31-,48?/m0/s1. The molecule has 4 aromatic rings. The van der Waals surface area contributed by atoms with Crippen molar-refractivity contribution in [2.24, 2.45) is 5.92 Å². The Morgan fingerprint density at radius 1 is 1.15 bits per heavy atom. The molecule has 1 fully saturated rings. The Balaban J connectivity index is 1.40. The normalized spacial score (nSPS) is 20.4. The Morgan fingerprint density at radius 2 is 1.88 bits per heavy atom. The van der Waals surface area contributed by atoms with Crippen molar-refractivity contribution in [1.29, 1.82) is 0 Å². The smallest absolute Gasteiger partial charge is 0.459 e. The molecule has 0 amide bonds. The van der Waals surface area contributed by atoms with E-state index in [-0.39, 0.29) is 30.3 Å². The maximum atomic E-state index is 14.7. The van der Waals surface area contributed by atoms with E-state index >= 15 is 0 Å². The van der Waals surface area contributed by atoms with Gasteiger partial charge < -0.3 is 19.1 Å². The largest absolute Gasteiger partial charge is 0.460 e. The second-order valence-electron chi connectivity index (χ2n) is 11.4. The van der Waals surface area contributed by atoms with Gasteiger partial charge in [0, 0.05) is 18.0 Å². The van der Waals surface area contributed by atoms with E-state index in [1.54, 1.807) is 12.1 Å². The molecule has 1 saturated heterocycles. The Labute approximate surface area is 285 Å². The van der Waals surface area contributed by atoms with Gasteiger partial charge in [0.2, 0.25) is 0 Å². The maximum Gasteiger partial charge on any atom is 0.459 e. The van der Waals surface area contributed by atoms with E-state index < -0.39 is 56.0 Å². The van der Waals surface area contributed by atoms with Crippen LogP contribution in [0, 0.1) is 5.92 Å². The van der Waals surface area contributed by atoms with Crippen molar-refractivity contribution in [3.8, 4) is 5.75 Å². The minimum Gasteiger partial charge on any atom is -0.460 e. The summed E-state index contributed by atoms with van der Waals surface area (Å²) in [6, 6.07) is 20.8. The zero-order valence-electron chi connectivity index (χ0n) is 26.4. The van der Waals surface area contributed by atoms with Crippen LogP contribution in [0.4, 0.5) is 0 Å². The fraction of sp³-hybridized carbons (Fsp3) is 0.324. The van der Waals surface area contributed by atoms with Gasteiger partial charge in [0.1, 0.15) is 30.7 Å². The van der Waals surface area contributed by atoms with Crippen LogP contribution in [0.25, 0.3) is 16.8 Å². The first-order valence-corrected chi connectivity index (χ1v) is 17.9. The van der Waals surface area contributed by atoms with Crippen molar-refractivity contribution in [2.75, 3.05) is 6.61 Å². The summed E-state index contributed by atoms with van der Waals surface area (Å²) in [6.07, 6.45) is 0.199. The number of hydrogen-bond acceptors (Lipinski definition) is 9. The first-order chi connectivity index (χ1) is 23.1. The van der Waals surface area contributed by atoms with Gasteiger partial charge in [0.05, 0.1) is 18.3 Å². The van der Waals surface area contributed by atoms with E-state index in [2.05, 4.69) is 26.0 Å². The Hall–Kier alpha value is -3.84. The summed E-state index contributed by atoms with van der Waals surface area (Å²) in [6.45, 7) is 3.30. The average Bonchev–Trinajstić information content (AvgIpc) is 3.46. The third-order valence-electron chi connectivity index (χ3n) is 8.12. The van der Waals surface area contributed by atoms with Gasteiger partial charge in [0.25, 0.3) is 5.56 Å².